The van der Waals surface area contributed by atoms with Gasteiger partial charge in [-0.05, 0) is 30.7 Å². The fourth-order valence-corrected chi connectivity index (χ4v) is 2.59. The van der Waals surface area contributed by atoms with Crippen molar-refractivity contribution in [1.29, 1.82) is 0 Å². The van der Waals surface area contributed by atoms with Crippen LogP contribution in [0.25, 0.3) is 0 Å². The van der Waals surface area contributed by atoms with E-state index in [-0.39, 0.29) is 11.7 Å². The van der Waals surface area contributed by atoms with Crippen LogP contribution in [0.1, 0.15) is 24.0 Å². The third kappa shape index (κ3) is 3.42. The molecule has 1 unspecified atom stereocenters. The molecule has 2 rings (SSSR count). The Labute approximate surface area is 136 Å². The second kappa shape index (κ2) is 7.58. The van der Waals surface area contributed by atoms with Crippen molar-refractivity contribution < 1.29 is 19.3 Å². The maximum Gasteiger partial charge on any atom is 0.161 e. The van der Waals surface area contributed by atoms with E-state index in [0.29, 0.717) is 17.2 Å². The predicted molar refractivity (Wildman–Crippen MR) is 90.9 cm³/mol. The van der Waals surface area contributed by atoms with Crippen molar-refractivity contribution in [2.75, 3.05) is 21.3 Å². The average Bonchev–Trinajstić information content (AvgIpc) is 2.59. The summed E-state index contributed by atoms with van der Waals surface area (Å²) in [7, 11) is 4.75. The zero-order chi connectivity index (χ0) is 16.8. The number of hydrogen-bond donors (Lipinski definition) is 1. The molecule has 0 saturated carbocycles. The van der Waals surface area contributed by atoms with E-state index in [1.165, 1.54) is 0 Å². The Morgan fingerprint density at radius 1 is 0.913 bits per heavy atom. The molecular formula is C19H22O4. The number of methoxy groups -OCH3 is 3. The third-order valence-corrected chi connectivity index (χ3v) is 3.74. The molecule has 0 aromatic heterocycles. The van der Waals surface area contributed by atoms with Gasteiger partial charge in [0.25, 0.3) is 0 Å². The number of ether oxygens (including phenoxy) is 3. The Balaban J connectivity index is 2.55. The predicted octanol–water partition coefficient (Wildman–Crippen LogP) is 4.13. The van der Waals surface area contributed by atoms with E-state index in [2.05, 4.69) is 0 Å². The summed E-state index contributed by atoms with van der Waals surface area (Å²) in [5.74, 6) is 1.81. The molecule has 1 atom stereocenters. The van der Waals surface area contributed by atoms with Crippen molar-refractivity contribution in [3.05, 3.63) is 59.7 Å². The first-order valence-electron chi connectivity index (χ1n) is 7.36. The highest BCUT2D eigenvalue weighted by molar-refractivity contribution is 5.54. The Kier molecular flexibility index (Phi) is 5.52. The second-order valence-corrected chi connectivity index (χ2v) is 5.02. The first-order valence-corrected chi connectivity index (χ1v) is 7.36. The molecule has 1 N–H and O–H groups in total. The van der Waals surface area contributed by atoms with Crippen molar-refractivity contribution in [2.24, 2.45) is 0 Å². The lowest BCUT2D eigenvalue weighted by Crippen LogP contribution is -2.01. The molecule has 4 nitrogen and oxygen atoms in total. The van der Waals surface area contributed by atoms with Crippen LogP contribution < -0.4 is 14.2 Å². The Morgan fingerprint density at radius 3 is 2.22 bits per heavy atom. The molecule has 0 amide bonds. The van der Waals surface area contributed by atoms with Crippen LogP contribution in [0.2, 0.25) is 0 Å². The third-order valence-electron chi connectivity index (χ3n) is 3.74. The van der Waals surface area contributed by atoms with Gasteiger partial charge >= 0.3 is 0 Å². The first-order chi connectivity index (χ1) is 11.2. The molecule has 0 bridgehead atoms. The number of allylic oxidation sites excluding steroid dienone is 2. The standard InChI is InChI=1S/C19H22O4/c1-5-7-14(15-8-6-9-17(22-3)19(15)20)13-10-11-16(21-2)18(12-13)23-4/h5-12,14,20H,1-4H3/b7-5+. The molecule has 0 aliphatic rings. The van der Waals surface area contributed by atoms with E-state index in [9.17, 15) is 5.11 Å². The minimum absolute atomic E-state index is 0.116. The molecule has 122 valence electrons. The highest BCUT2D eigenvalue weighted by atomic mass is 16.5. The fraction of sp³-hybridized carbons (Fsp3) is 0.263. The summed E-state index contributed by atoms with van der Waals surface area (Å²) < 4.78 is 15.9. The number of para-hydroxylation sites is 1. The van der Waals surface area contributed by atoms with E-state index in [1.807, 2.05) is 49.4 Å². The Morgan fingerprint density at radius 2 is 1.61 bits per heavy atom. The maximum absolute atomic E-state index is 10.5. The molecule has 0 heterocycles. The summed E-state index contributed by atoms with van der Waals surface area (Å²) in [5.41, 5.74) is 1.76. The number of aromatic hydroxyl groups is 1. The molecule has 0 fully saturated rings. The van der Waals surface area contributed by atoms with E-state index >= 15 is 0 Å². The molecule has 0 spiro atoms. The molecule has 0 aliphatic heterocycles. The van der Waals surface area contributed by atoms with Gasteiger partial charge in [0.1, 0.15) is 0 Å². The van der Waals surface area contributed by atoms with Gasteiger partial charge in [0.15, 0.2) is 23.0 Å². The number of phenols is 1. The highest BCUT2D eigenvalue weighted by Crippen LogP contribution is 2.40. The monoisotopic (exact) mass is 314 g/mol. The zero-order valence-corrected chi connectivity index (χ0v) is 13.9. The molecule has 4 heteroatoms. The van der Waals surface area contributed by atoms with Crippen molar-refractivity contribution in [3.63, 3.8) is 0 Å². The van der Waals surface area contributed by atoms with Gasteiger partial charge in [0, 0.05) is 11.5 Å². The van der Waals surface area contributed by atoms with Crippen LogP contribution in [0, 0.1) is 0 Å². The van der Waals surface area contributed by atoms with Crippen molar-refractivity contribution in [3.8, 4) is 23.0 Å². The molecule has 2 aromatic rings. The van der Waals surface area contributed by atoms with Crippen LogP contribution in [0.15, 0.2) is 48.6 Å². The van der Waals surface area contributed by atoms with Crippen LogP contribution in [0.3, 0.4) is 0 Å². The number of hydrogen-bond acceptors (Lipinski definition) is 4. The topological polar surface area (TPSA) is 47.9 Å². The largest absolute Gasteiger partial charge is 0.504 e. The lowest BCUT2D eigenvalue weighted by Gasteiger charge is -2.18. The molecule has 0 saturated heterocycles. The van der Waals surface area contributed by atoms with Crippen LogP contribution >= 0.6 is 0 Å². The highest BCUT2D eigenvalue weighted by Gasteiger charge is 2.19. The van der Waals surface area contributed by atoms with E-state index < -0.39 is 0 Å². The van der Waals surface area contributed by atoms with E-state index in [1.54, 1.807) is 27.4 Å². The van der Waals surface area contributed by atoms with Crippen LogP contribution in [0.5, 0.6) is 23.0 Å². The average molecular weight is 314 g/mol. The first kappa shape index (κ1) is 16.7. The fourth-order valence-electron chi connectivity index (χ4n) is 2.59. The van der Waals surface area contributed by atoms with E-state index in [4.69, 9.17) is 14.2 Å². The maximum atomic E-state index is 10.5. The zero-order valence-electron chi connectivity index (χ0n) is 13.9. The summed E-state index contributed by atoms with van der Waals surface area (Å²) in [4.78, 5) is 0. The Bertz CT molecular complexity index is 692. The van der Waals surface area contributed by atoms with Gasteiger partial charge in [-0.3, -0.25) is 0 Å². The molecule has 0 aliphatic carbocycles. The minimum atomic E-state index is -0.116. The van der Waals surface area contributed by atoms with Crippen LogP contribution in [0.4, 0.5) is 0 Å². The number of benzene rings is 2. The van der Waals surface area contributed by atoms with Crippen molar-refractivity contribution in [2.45, 2.75) is 12.8 Å². The SMILES string of the molecule is C/C=C/C(c1ccc(OC)c(OC)c1)c1cccc(OC)c1O. The molecule has 0 radical (unpaired) electrons. The van der Waals surface area contributed by atoms with Gasteiger partial charge in [-0.15, -0.1) is 0 Å². The summed E-state index contributed by atoms with van der Waals surface area (Å²) in [6.45, 7) is 1.95. The summed E-state index contributed by atoms with van der Waals surface area (Å²) >= 11 is 0. The minimum Gasteiger partial charge on any atom is -0.504 e. The van der Waals surface area contributed by atoms with Gasteiger partial charge < -0.3 is 19.3 Å². The van der Waals surface area contributed by atoms with Crippen LogP contribution in [-0.2, 0) is 0 Å². The van der Waals surface area contributed by atoms with E-state index in [0.717, 1.165) is 11.1 Å². The molecule has 23 heavy (non-hydrogen) atoms. The van der Waals surface area contributed by atoms with Crippen LogP contribution in [-0.4, -0.2) is 26.4 Å². The van der Waals surface area contributed by atoms with Gasteiger partial charge in [-0.1, -0.05) is 30.4 Å². The van der Waals surface area contributed by atoms with Crippen molar-refractivity contribution in [1.82, 2.24) is 0 Å². The second-order valence-electron chi connectivity index (χ2n) is 5.02. The Hall–Kier alpha value is -2.62. The van der Waals surface area contributed by atoms with Gasteiger partial charge in [-0.25, -0.2) is 0 Å². The summed E-state index contributed by atoms with van der Waals surface area (Å²) in [5, 5.41) is 10.5. The lowest BCUT2D eigenvalue weighted by molar-refractivity contribution is 0.354. The normalized spacial score (nSPS) is 12.2. The van der Waals surface area contributed by atoms with Crippen molar-refractivity contribution >= 4 is 0 Å². The van der Waals surface area contributed by atoms with Gasteiger partial charge in [-0.2, -0.15) is 0 Å². The summed E-state index contributed by atoms with van der Waals surface area (Å²) in [6.07, 6.45) is 3.98. The number of phenolic OH excluding ortho intramolecular Hbond substituents is 1. The molecule has 2 aromatic carbocycles. The lowest BCUT2D eigenvalue weighted by atomic mass is 9.89. The smallest absolute Gasteiger partial charge is 0.161 e. The van der Waals surface area contributed by atoms with Gasteiger partial charge in [0.2, 0.25) is 0 Å². The molecular weight excluding hydrogens is 292 g/mol. The quantitative estimate of drug-likeness (QED) is 0.815. The summed E-state index contributed by atoms with van der Waals surface area (Å²) in [6, 6.07) is 11.2. The number of rotatable bonds is 6. The van der Waals surface area contributed by atoms with Gasteiger partial charge in [0.05, 0.1) is 21.3 Å².